The number of likely N-dealkylation sites (tertiary alicyclic amines) is 1. The molecule has 1 fully saturated rings. The molecule has 5 heteroatoms. The third-order valence-corrected chi connectivity index (χ3v) is 3.17. The molecule has 1 aliphatic rings. The van der Waals surface area contributed by atoms with Crippen LogP contribution in [0.15, 0.2) is 12.7 Å². The van der Waals surface area contributed by atoms with Gasteiger partial charge in [0.15, 0.2) is 0 Å². The highest BCUT2D eigenvalue weighted by molar-refractivity contribution is 5.68. The van der Waals surface area contributed by atoms with E-state index in [1.165, 1.54) is 0 Å². The van der Waals surface area contributed by atoms with Gasteiger partial charge in [0.05, 0.1) is 6.10 Å². The van der Waals surface area contributed by atoms with Crippen LogP contribution >= 0.6 is 0 Å². The fraction of sp³-hybridized carbons (Fsp3) is 0.800. The second-order valence-corrected chi connectivity index (χ2v) is 6.41. The summed E-state index contributed by atoms with van der Waals surface area (Å²) in [5.41, 5.74) is -0.469. The molecule has 20 heavy (non-hydrogen) atoms. The van der Waals surface area contributed by atoms with Gasteiger partial charge in [-0.2, -0.15) is 0 Å². The van der Waals surface area contributed by atoms with Crippen LogP contribution in [0.2, 0.25) is 0 Å². The first kappa shape index (κ1) is 17.0. The van der Waals surface area contributed by atoms with Crippen LogP contribution in [0.4, 0.5) is 4.79 Å². The first-order valence-corrected chi connectivity index (χ1v) is 7.31. The Morgan fingerprint density at radius 3 is 2.90 bits per heavy atom. The lowest BCUT2D eigenvalue weighted by Crippen LogP contribution is -2.41. The molecule has 1 heterocycles. The van der Waals surface area contributed by atoms with E-state index in [-0.39, 0.29) is 18.2 Å². The highest BCUT2D eigenvalue weighted by atomic mass is 16.6. The van der Waals surface area contributed by atoms with E-state index < -0.39 is 5.60 Å². The molecule has 2 N–H and O–H groups in total. The van der Waals surface area contributed by atoms with Crippen molar-refractivity contribution in [3.8, 4) is 0 Å². The van der Waals surface area contributed by atoms with Gasteiger partial charge >= 0.3 is 6.09 Å². The Kier molecular flexibility index (Phi) is 6.49. The fourth-order valence-corrected chi connectivity index (χ4v) is 2.29. The van der Waals surface area contributed by atoms with Crippen LogP contribution in [0, 0.1) is 0 Å². The van der Waals surface area contributed by atoms with Crippen LogP contribution in [-0.4, -0.2) is 53.5 Å². The molecule has 0 aromatic carbocycles. The maximum atomic E-state index is 11.7. The lowest BCUT2D eigenvalue weighted by atomic mass is 10.2. The SMILES string of the molecule is C=CCCC(O)CN1CCC(NC(=O)OC(C)(C)C)C1. The molecule has 1 saturated heterocycles. The Hall–Kier alpha value is -1.07. The number of aliphatic hydroxyl groups excluding tert-OH is 1. The van der Waals surface area contributed by atoms with Crippen LogP contribution in [-0.2, 0) is 4.74 Å². The number of ether oxygens (including phenoxy) is 1. The normalized spacial score (nSPS) is 21.5. The lowest BCUT2D eigenvalue weighted by molar-refractivity contribution is 0.0504. The van der Waals surface area contributed by atoms with Crippen molar-refractivity contribution >= 4 is 6.09 Å². The van der Waals surface area contributed by atoms with E-state index in [2.05, 4.69) is 16.8 Å². The van der Waals surface area contributed by atoms with E-state index in [1.807, 2.05) is 26.8 Å². The highest BCUT2D eigenvalue weighted by Crippen LogP contribution is 2.13. The van der Waals surface area contributed by atoms with Crippen molar-refractivity contribution in [2.45, 2.75) is 57.8 Å². The molecule has 116 valence electrons. The van der Waals surface area contributed by atoms with Gasteiger partial charge in [-0.1, -0.05) is 6.08 Å². The Bertz CT molecular complexity index is 326. The van der Waals surface area contributed by atoms with Crippen LogP contribution in [0.25, 0.3) is 0 Å². The van der Waals surface area contributed by atoms with Crippen LogP contribution in [0.5, 0.6) is 0 Å². The molecule has 5 nitrogen and oxygen atoms in total. The minimum Gasteiger partial charge on any atom is -0.444 e. The molecule has 1 amide bonds. The molecule has 0 radical (unpaired) electrons. The zero-order chi connectivity index (χ0) is 15.2. The van der Waals surface area contributed by atoms with E-state index in [0.717, 1.165) is 32.4 Å². The molecule has 0 spiro atoms. The average Bonchev–Trinajstić information content (AvgIpc) is 2.71. The van der Waals surface area contributed by atoms with Gasteiger partial charge in [0.25, 0.3) is 0 Å². The molecule has 2 unspecified atom stereocenters. The Morgan fingerprint density at radius 2 is 2.30 bits per heavy atom. The van der Waals surface area contributed by atoms with Gasteiger partial charge < -0.3 is 15.2 Å². The van der Waals surface area contributed by atoms with E-state index in [0.29, 0.717) is 6.54 Å². The second-order valence-electron chi connectivity index (χ2n) is 6.41. The topological polar surface area (TPSA) is 61.8 Å². The van der Waals surface area contributed by atoms with Crippen molar-refractivity contribution in [3.63, 3.8) is 0 Å². The fourth-order valence-electron chi connectivity index (χ4n) is 2.29. The number of alkyl carbamates (subject to hydrolysis) is 1. The largest absolute Gasteiger partial charge is 0.444 e. The quantitative estimate of drug-likeness (QED) is 0.731. The zero-order valence-electron chi connectivity index (χ0n) is 12.9. The smallest absolute Gasteiger partial charge is 0.407 e. The first-order chi connectivity index (χ1) is 9.30. The number of carbonyl (C=O) groups excluding carboxylic acids is 1. The van der Waals surface area contributed by atoms with E-state index in [9.17, 15) is 9.90 Å². The number of hydrogen-bond donors (Lipinski definition) is 2. The number of aliphatic hydroxyl groups is 1. The maximum Gasteiger partial charge on any atom is 0.407 e. The van der Waals surface area contributed by atoms with Crippen LogP contribution < -0.4 is 5.32 Å². The van der Waals surface area contributed by atoms with E-state index in [1.54, 1.807) is 0 Å². The predicted molar refractivity (Wildman–Crippen MR) is 79.7 cm³/mol. The van der Waals surface area contributed by atoms with Gasteiger partial charge in [-0.05, 0) is 40.0 Å². The number of nitrogens with zero attached hydrogens (tertiary/aromatic N) is 1. The van der Waals surface area contributed by atoms with Crippen molar-refractivity contribution in [3.05, 3.63) is 12.7 Å². The van der Waals surface area contributed by atoms with Crippen molar-refractivity contribution in [1.29, 1.82) is 0 Å². The summed E-state index contributed by atoms with van der Waals surface area (Å²) < 4.78 is 5.24. The number of rotatable bonds is 6. The molecule has 0 aromatic rings. The monoisotopic (exact) mass is 284 g/mol. The minimum atomic E-state index is -0.469. The summed E-state index contributed by atoms with van der Waals surface area (Å²) in [6, 6.07) is 0.108. The number of allylic oxidation sites excluding steroid dienone is 1. The summed E-state index contributed by atoms with van der Waals surface area (Å²) in [6.07, 6.45) is 3.59. The minimum absolute atomic E-state index is 0.108. The summed E-state index contributed by atoms with van der Waals surface area (Å²) in [5, 5.41) is 12.7. The van der Waals surface area contributed by atoms with Crippen LogP contribution in [0.1, 0.15) is 40.0 Å². The molecule has 2 atom stereocenters. The van der Waals surface area contributed by atoms with Gasteiger partial charge in [0, 0.05) is 25.7 Å². The summed E-state index contributed by atoms with van der Waals surface area (Å²) in [4.78, 5) is 13.8. The molecular formula is C15H28N2O3. The van der Waals surface area contributed by atoms with Crippen molar-refractivity contribution in [1.82, 2.24) is 10.2 Å². The zero-order valence-corrected chi connectivity index (χ0v) is 12.9. The first-order valence-electron chi connectivity index (χ1n) is 7.31. The van der Waals surface area contributed by atoms with Crippen molar-refractivity contribution in [2.24, 2.45) is 0 Å². The van der Waals surface area contributed by atoms with Gasteiger partial charge in [-0.15, -0.1) is 6.58 Å². The number of nitrogens with one attached hydrogen (secondary N) is 1. The summed E-state index contributed by atoms with van der Waals surface area (Å²) in [5.74, 6) is 0. The molecule has 0 aliphatic carbocycles. The van der Waals surface area contributed by atoms with Gasteiger partial charge in [0.1, 0.15) is 5.60 Å². The highest BCUT2D eigenvalue weighted by Gasteiger charge is 2.26. The Morgan fingerprint density at radius 1 is 1.60 bits per heavy atom. The standard InChI is InChI=1S/C15H28N2O3/c1-5-6-7-13(18)11-17-9-8-12(10-17)16-14(19)20-15(2,3)4/h5,12-13,18H,1,6-11H2,2-4H3,(H,16,19). The summed E-state index contributed by atoms with van der Waals surface area (Å²) in [6.45, 7) is 11.5. The van der Waals surface area contributed by atoms with Crippen molar-refractivity contribution in [2.75, 3.05) is 19.6 Å². The predicted octanol–water partition coefficient (Wildman–Crippen LogP) is 1.91. The molecule has 0 saturated carbocycles. The number of β-amino-alcohol motifs (C(OH)–C–C–N with tert-alkyl or cyclic N) is 1. The number of hydrogen-bond acceptors (Lipinski definition) is 4. The molecule has 1 aliphatic heterocycles. The number of amides is 1. The van der Waals surface area contributed by atoms with Crippen molar-refractivity contribution < 1.29 is 14.6 Å². The third kappa shape index (κ3) is 6.91. The molecule has 0 bridgehead atoms. The maximum absolute atomic E-state index is 11.7. The summed E-state index contributed by atoms with van der Waals surface area (Å²) >= 11 is 0. The number of carbonyl (C=O) groups is 1. The second kappa shape index (κ2) is 7.64. The van der Waals surface area contributed by atoms with Gasteiger partial charge in [-0.3, -0.25) is 4.90 Å². The third-order valence-electron chi connectivity index (χ3n) is 3.17. The lowest BCUT2D eigenvalue weighted by Gasteiger charge is -2.22. The Labute approximate surface area is 122 Å². The van der Waals surface area contributed by atoms with Crippen LogP contribution in [0.3, 0.4) is 0 Å². The molecule has 0 aromatic heterocycles. The van der Waals surface area contributed by atoms with E-state index in [4.69, 9.17) is 4.74 Å². The van der Waals surface area contributed by atoms with Gasteiger partial charge in [-0.25, -0.2) is 4.79 Å². The summed E-state index contributed by atoms with van der Waals surface area (Å²) in [7, 11) is 0. The average molecular weight is 284 g/mol. The van der Waals surface area contributed by atoms with Gasteiger partial charge in [0.2, 0.25) is 0 Å². The Balaban J connectivity index is 2.26. The van der Waals surface area contributed by atoms with E-state index >= 15 is 0 Å². The molecule has 1 rings (SSSR count). The molecular weight excluding hydrogens is 256 g/mol.